The van der Waals surface area contributed by atoms with Gasteiger partial charge in [-0.05, 0) is 39.3 Å². The fourth-order valence-electron chi connectivity index (χ4n) is 2.53. The molecule has 2 unspecified atom stereocenters. The number of aliphatic hydroxyl groups is 1. The Morgan fingerprint density at radius 3 is 2.89 bits per heavy atom. The first-order valence-electron chi connectivity index (χ1n) is 7.45. The highest BCUT2D eigenvalue weighted by molar-refractivity contribution is 5.73. The minimum atomic E-state index is -0.357. The second kappa shape index (κ2) is 8.38. The van der Waals surface area contributed by atoms with Crippen molar-refractivity contribution in [1.29, 1.82) is 0 Å². The number of aliphatic hydroxyl groups excluding tert-OH is 1. The van der Waals surface area contributed by atoms with Gasteiger partial charge in [0.25, 0.3) is 0 Å². The summed E-state index contributed by atoms with van der Waals surface area (Å²) in [5.41, 5.74) is 0. The Hall–Kier alpha value is -0.810. The molecule has 2 N–H and O–H groups in total. The summed E-state index contributed by atoms with van der Waals surface area (Å²) in [4.78, 5) is 16.0. The molecule has 0 aromatic rings. The molecule has 0 bridgehead atoms. The molecule has 1 fully saturated rings. The van der Waals surface area contributed by atoms with Gasteiger partial charge >= 0.3 is 6.03 Å². The molecule has 2 amide bonds. The number of hydrogen-bond donors (Lipinski definition) is 2. The third-order valence-electron chi connectivity index (χ3n) is 3.87. The van der Waals surface area contributed by atoms with Gasteiger partial charge in [0.15, 0.2) is 0 Å². The number of likely N-dealkylation sites (tertiary alicyclic amines) is 1. The Labute approximate surface area is 117 Å². The zero-order valence-electron chi connectivity index (χ0n) is 12.6. The van der Waals surface area contributed by atoms with Crippen LogP contribution in [-0.4, -0.2) is 66.3 Å². The van der Waals surface area contributed by atoms with Crippen LogP contribution in [0.4, 0.5) is 4.79 Å². The average molecular weight is 271 g/mol. The Kier molecular flexibility index (Phi) is 7.16. The number of carbonyl (C=O) groups is 1. The first-order chi connectivity index (χ1) is 9.04. The number of nitrogens with zero attached hydrogens (tertiary/aromatic N) is 2. The van der Waals surface area contributed by atoms with Gasteiger partial charge in [-0.1, -0.05) is 13.3 Å². The van der Waals surface area contributed by atoms with Gasteiger partial charge < -0.3 is 15.3 Å². The summed E-state index contributed by atoms with van der Waals surface area (Å²) in [7, 11) is 1.77. The van der Waals surface area contributed by atoms with E-state index in [-0.39, 0.29) is 12.1 Å². The van der Waals surface area contributed by atoms with Crippen molar-refractivity contribution < 1.29 is 9.90 Å². The number of nitrogens with one attached hydrogen (secondary N) is 1. The maximum absolute atomic E-state index is 11.9. The van der Waals surface area contributed by atoms with Crippen molar-refractivity contribution in [3.8, 4) is 0 Å². The van der Waals surface area contributed by atoms with Crippen molar-refractivity contribution in [3.05, 3.63) is 0 Å². The summed E-state index contributed by atoms with van der Waals surface area (Å²) in [6.45, 7) is 7.44. The maximum atomic E-state index is 11.9. The third kappa shape index (κ3) is 5.78. The number of piperidine rings is 1. The second-order valence-corrected chi connectivity index (χ2v) is 5.52. The van der Waals surface area contributed by atoms with Crippen LogP contribution in [0.3, 0.4) is 0 Å². The van der Waals surface area contributed by atoms with Crippen molar-refractivity contribution in [2.45, 2.75) is 51.7 Å². The molecule has 19 heavy (non-hydrogen) atoms. The Morgan fingerprint density at radius 2 is 2.26 bits per heavy atom. The minimum absolute atomic E-state index is 0.0396. The normalized spacial score (nSPS) is 22.0. The minimum Gasteiger partial charge on any atom is -0.393 e. The first kappa shape index (κ1) is 16.2. The molecule has 0 saturated carbocycles. The number of likely N-dealkylation sites (N-methyl/N-ethyl adjacent to an activating group) is 1. The predicted molar refractivity (Wildman–Crippen MR) is 77.2 cm³/mol. The number of rotatable bonds is 6. The highest BCUT2D eigenvalue weighted by atomic mass is 16.3. The maximum Gasteiger partial charge on any atom is 0.317 e. The van der Waals surface area contributed by atoms with E-state index in [4.69, 9.17) is 0 Å². The average Bonchev–Trinajstić information content (AvgIpc) is 2.42. The summed E-state index contributed by atoms with van der Waals surface area (Å²) in [6, 6.07) is 0.440. The molecule has 5 nitrogen and oxygen atoms in total. The lowest BCUT2D eigenvalue weighted by Crippen LogP contribution is -2.49. The zero-order valence-corrected chi connectivity index (χ0v) is 12.6. The largest absolute Gasteiger partial charge is 0.393 e. The molecule has 0 aromatic heterocycles. The first-order valence-corrected chi connectivity index (χ1v) is 7.45. The lowest BCUT2D eigenvalue weighted by Gasteiger charge is -2.35. The van der Waals surface area contributed by atoms with Crippen molar-refractivity contribution in [1.82, 2.24) is 15.1 Å². The quantitative estimate of drug-likeness (QED) is 0.765. The van der Waals surface area contributed by atoms with Gasteiger partial charge in [0.05, 0.1) is 6.10 Å². The molecule has 1 saturated heterocycles. The molecule has 1 heterocycles. The Bertz CT molecular complexity index is 271. The van der Waals surface area contributed by atoms with Crippen molar-refractivity contribution in [2.24, 2.45) is 0 Å². The lowest BCUT2D eigenvalue weighted by molar-refractivity contribution is 0.145. The van der Waals surface area contributed by atoms with Crippen LogP contribution in [0.1, 0.15) is 39.5 Å². The van der Waals surface area contributed by atoms with Gasteiger partial charge in [-0.2, -0.15) is 0 Å². The molecule has 1 aliphatic rings. The molecular formula is C14H29N3O2. The van der Waals surface area contributed by atoms with Crippen LogP contribution in [0.15, 0.2) is 0 Å². The molecule has 0 spiro atoms. The van der Waals surface area contributed by atoms with Crippen LogP contribution in [0.5, 0.6) is 0 Å². The van der Waals surface area contributed by atoms with Crippen molar-refractivity contribution in [3.63, 3.8) is 0 Å². The molecule has 0 radical (unpaired) electrons. The van der Waals surface area contributed by atoms with Crippen molar-refractivity contribution in [2.75, 3.05) is 33.2 Å². The van der Waals surface area contributed by atoms with Crippen LogP contribution in [-0.2, 0) is 0 Å². The van der Waals surface area contributed by atoms with Gasteiger partial charge in [0.2, 0.25) is 0 Å². The lowest BCUT2D eigenvalue weighted by atomic mass is 10.0. The molecule has 0 aliphatic carbocycles. The van der Waals surface area contributed by atoms with Crippen LogP contribution in [0.25, 0.3) is 0 Å². The van der Waals surface area contributed by atoms with Gasteiger partial charge in [0, 0.05) is 26.2 Å². The fourth-order valence-corrected chi connectivity index (χ4v) is 2.53. The predicted octanol–water partition coefficient (Wildman–Crippen LogP) is 1.27. The third-order valence-corrected chi connectivity index (χ3v) is 3.87. The summed E-state index contributed by atoms with van der Waals surface area (Å²) in [6.07, 6.45) is 3.96. The van der Waals surface area contributed by atoms with E-state index in [0.717, 1.165) is 19.6 Å². The monoisotopic (exact) mass is 271 g/mol. The molecule has 112 valence electrons. The van der Waals surface area contributed by atoms with E-state index in [0.29, 0.717) is 19.0 Å². The van der Waals surface area contributed by atoms with Crippen LogP contribution < -0.4 is 5.32 Å². The summed E-state index contributed by atoms with van der Waals surface area (Å²) < 4.78 is 0. The van der Waals surface area contributed by atoms with Crippen LogP contribution in [0, 0.1) is 0 Å². The molecule has 2 atom stereocenters. The van der Waals surface area contributed by atoms with E-state index in [1.165, 1.54) is 19.3 Å². The molecular weight excluding hydrogens is 242 g/mol. The fraction of sp³-hybridized carbons (Fsp3) is 0.929. The topological polar surface area (TPSA) is 55.8 Å². The van der Waals surface area contributed by atoms with Crippen LogP contribution in [0.2, 0.25) is 0 Å². The van der Waals surface area contributed by atoms with E-state index in [2.05, 4.69) is 17.1 Å². The van der Waals surface area contributed by atoms with Gasteiger partial charge in [-0.3, -0.25) is 4.90 Å². The smallest absolute Gasteiger partial charge is 0.317 e. The van der Waals surface area contributed by atoms with Crippen molar-refractivity contribution >= 4 is 6.03 Å². The van der Waals surface area contributed by atoms with Gasteiger partial charge in [-0.25, -0.2) is 4.79 Å². The second-order valence-electron chi connectivity index (χ2n) is 5.52. The Balaban J connectivity index is 2.28. The molecule has 0 aromatic carbocycles. The van der Waals surface area contributed by atoms with E-state index in [9.17, 15) is 9.90 Å². The van der Waals surface area contributed by atoms with E-state index < -0.39 is 0 Å². The molecule has 1 rings (SSSR count). The number of carbonyl (C=O) groups excluding carboxylic acids is 1. The summed E-state index contributed by atoms with van der Waals surface area (Å²) in [5.74, 6) is 0. The standard InChI is InChI=1S/C14H29N3O2/c1-4-17-9-6-5-7-13(17)11-15-14(19)16(3)10-8-12(2)18/h12-13,18H,4-11H2,1-3H3,(H,15,19). The van der Waals surface area contributed by atoms with Crippen LogP contribution >= 0.6 is 0 Å². The molecule has 1 aliphatic heterocycles. The van der Waals surface area contributed by atoms with E-state index >= 15 is 0 Å². The number of amides is 2. The number of hydrogen-bond acceptors (Lipinski definition) is 3. The summed E-state index contributed by atoms with van der Waals surface area (Å²) >= 11 is 0. The zero-order chi connectivity index (χ0) is 14.3. The van der Waals surface area contributed by atoms with E-state index in [1.807, 2.05) is 0 Å². The highest BCUT2D eigenvalue weighted by Gasteiger charge is 2.21. The number of urea groups is 1. The summed E-state index contributed by atoms with van der Waals surface area (Å²) in [5, 5.41) is 12.2. The molecule has 5 heteroatoms. The Morgan fingerprint density at radius 1 is 1.53 bits per heavy atom. The van der Waals surface area contributed by atoms with Gasteiger partial charge in [-0.15, -0.1) is 0 Å². The SMILES string of the molecule is CCN1CCCCC1CNC(=O)N(C)CCC(C)O. The van der Waals surface area contributed by atoms with Gasteiger partial charge in [0.1, 0.15) is 0 Å². The highest BCUT2D eigenvalue weighted by Crippen LogP contribution is 2.15. The van der Waals surface area contributed by atoms with E-state index in [1.54, 1.807) is 18.9 Å².